The second-order valence-corrected chi connectivity index (χ2v) is 12.4. The van der Waals surface area contributed by atoms with E-state index in [0.29, 0.717) is 49.2 Å². The summed E-state index contributed by atoms with van der Waals surface area (Å²) < 4.78 is 57.1. The Morgan fingerprint density at radius 1 is 0.630 bits per heavy atom. The summed E-state index contributed by atoms with van der Waals surface area (Å²) in [5.41, 5.74) is 4.45. The van der Waals surface area contributed by atoms with Gasteiger partial charge in [-0.2, -0.15) is 0 Å². The number of nitrogens with zero attached hydrogens (tertiary/aromatic N) is 5. The quantitative estimate of drug-likeness (QED) is 0.111. The molecule has 4 heterocycles. The Morgan fingerprint density at radius 2 is 1.06 bits per heavy atom. The SMILES string of the molecule is C.C.Fc1ccc(Nc2c(-c3ccc(F)cc3)nc3n2CCNC3)cc1.O=C(CCl)N1CCn2c(nc(-c3ccc(F)cc3)c2Nc2ccc(F)cc2)C1. The smallest absolute Gasteiger partial charge is 0.237 e. The number of carbonyl (C=O) groups excluding carboxylic acids is 1. The molecule has 0 aliphatic carbocycles. The van der Waals surface area contributed by atoms with E-state index >= 15 is 0 Å². The predicted molar refractivity (Wildman–Crippen MR) is 206 cm³/mol. The molecule has 1 amide bonds. The average molecular weight is 761 g/mol. The summed E-state index contributed by atoms with van der Waals surface area (Å²) in [6.45, 7) is 3.70. The molecular weight excluding hydrogens is 720 g/mol. The van der Waals surface area contributed by atoms with Crippen molar-refractivity contribution in [2.24, 2.45) is 0 Å². The summed E-state index contributed by atoms with van der Waals surface area (Å²) in [5, 5.41) is 9.92. The van der Waals surface area contributed by atoms with Crippen LogP contribution in [0, 0.1) is 23.3 Å². The maximum absolute atomic E-state index is 13.4. The number of imidazole rings is 2. The van der Waals surface area contributed by atoms with Gasteiger partial charge in [0.2, 0.25) is 5.91 Å². The molecule has 2 aromatic heterocycles. The van der Waals surface area contributed by atoms with E-state index in [-0.39, 0.29) is 49.9 Å². The maximum atomic E-state index is 13.4. The number of alkyl halides is 1. The highest BCUT2D eigenvalue weighted by molar-refractivity contribution is 6.27. The predicted octanol–water partition coefficient (Wildman–Crippen LogP) is 9.10. The highest BCUT2D eigenvalue weighted by Crippen LogP contribution is 2.34. The van der Waals surface area contributed by atoms with Gasteiger partial charge in [0.25, 0.3) is 0 Å². The largest absolute Gasteiger partial charge is 0.340 e. The molecule has 282 valence electrons. The van der Waals surface area contributed by atoms with Gasteiger partial charge in [-0.1, -0.05) is 14.9 Å². The molecular formula is C40H41ClF4N8O. The van der Waals surface area contributed by atoms with Crippen LogP contribution in [0.1, 0.15) is 26.5 Å². The average Bonchev–Trinajstić information content (AvgIpc) is 3.71. The van der Waals surface area contributed by atoms with E-state index < -0.39 is 0 Å². The Hall–Kier alpha value is -5.66. The molecule has 8 rings (SSSR count). The fourth-order valence-electron chi connectivity index (χ4n) is 6.11. The van der Waals surface area contributed by atoms with Gasteiger partial charge in [-0.15, -0.1) is 11.6 Å². The second kappa shape index (κ2) is 17.4. The number of hydrogen-bond donors (Lipinski definition) is 3. The van der Waals surface area contributed by atoms with Gasteiger partial charge in [0, 0.05) is 48.7 Å². The first-order chi connectivity index (χ1) is 25.2. The summed E-state index contributed by atoms with van der Waals surface area (Å²) >= 11 is 5.68. The number of fused-ring (bicyclic) bond motifs is 2. The van der Waals surface area contributed by atoms with E-state index in [4.69, 9.17) is 21.6 Å². The number of aromatic nitrogens is 4. The number of carbonyl (C=O) groups is 1. The number of anilines is 4. The number of rotatable bonds is 7. The van der Waals surface area contributed by atoms with Crippen molar-refractivity contribution in [2.45, 2.75) is 41.0 Å². The molecule has 0 atom stereocenters. The van der Waals surface area contributed by atoms with Crippen molar-refractivity contribution >= 4 is 40.5 Å². The van der Waals surface area contributed by atoms with Gasteiger partial charge in [0.1, 0.15) is 63.8 Å². The zero-order valence-corrected chi connectivity index (χ0v) is 28.5. The molecule has 0 spiro atoms. The van der Waals surface area contributed by atoms with Gasteiger partial charge in [0.05, 0.1) is 13.1 Å². The van der Waals surface area contributed by atoms with Crippen LogP contribution in [-0.4, -0.2) is 48.9 Å². The van der Waals surface area contributed by atoms with Gasteiger partial charge in [-0.3, -0.25) is 4.79 Å². The minimum Gasteiger partial charge on any atom is -0.340 e. The van der Waals surface area contributed by atoms with Gasteiger partial charge in [-0.25, -0.2) is 27.5 Å². The Labute approximate surface area is 316 Å². The van der Waals surface area contributed by atoms with Crippen LogP contribution in [-0.2, 0) is 31.0 Å². The molecule has 0 saturated heterocycles. The summed E-state index contributed by atoms with van der Waals surface area (Å²) in [5.74, 6) is 1.74. The van der Waals surface area contributed by atoms with Crippen molar-refractivity contribution in [1.29, 1.82) is 0 Å². The maximum Gasteiger partial charge on any atom is 0.237 e. The van der Waals surface area contributed by atoms with Crippen LogP contribution in [0.25, 0.3) is 22.5 Å². The molecule has 0 bridgehead atoms. The monoisotopic (exact) mass is 760 g/mol. The van der Waals surface area contributed by atoms with Crippen LogP contribution in [0.5, 0.6) is 0 Å². The van der Waals surface area contributed by atoms with Crippen LogP contribution < -0.4 is 16.0 Å². The van der Waals surface area contributed by atoms with Gasteiger partial charge < -0.3 is 30.0 Å². The molecule has 2 aliphatic heterocycles. The Kier molecular flexibility index (Phi) is 12.8. The minimum atomic E-state index is -0.334. The Bertz CT molecular complexity index is 2170. The molecule has 54 heavy (non-hydrogen) atoms. The van der Waals surface area contributed by atoms with E-state index in [0.717, 1.165) is 47.2 Å². The summed E-state index contributed by atoms with van der Waals surface area (Å²) in [6, 6.07) is 24.5. The molecule has 4 aromatic carbocycles. The van der Waals surface area contributed by atoms with E-state index in [2.05, 4.69) is 20.5 Å². The van der Waals surface area contributed by atoms with Gasteiger partial charge in [0.15, 0.2) is 0 Å². The van der Waals surface area contributed by atoms with Crippen LogP contribution in [0.2, 0.25) is 0 Å². The van der Waals surface area contributed by atoms with Crippen LogP contribution in [0.15, 0.2) is 97.1 Å². The highest BCUT2D eigenvalue weighted by atomic mass is 35.5. The lowest BCUT2D eigenvalue weighted by Gasteiger charge is -2.28. The fourth-order valence-corrected chi connectivity index (χ4v) is 6.28. The van der Waals surface area contributed by atoms with Crippen molar-refractivity contribution < 1.29 is 22.4 Å². The molecule has 9 nitrogen and oxygen atoms in total. The number of hydrogen-bond acceptors (Lipinski definition) is 6. The van der Waals surface area contributed by atoms with E-state index in [1.807, 2.05) is 4.57 Å². The summed E-state index contributed by atoms with van der Waals surface area (Å²) in [6.07, 6.45) is 0. The lowest BCUT2D eigenvalue weighted by molar-refractivity contribution is -0.129. The third-order valence-electron chi connectivity index (χ3n) is 8.73. The highest BCUT2D eigenvalue weighted by Gasteiger charge is 2.27. The lowest BCUT2D eigenvalue weighted by Crippen LogP contribution is -2.39. The van der Waals surface area contributed by atoms with Crippen molar-refractivity contribution in [3.8, 4) is 22.5 Å². The van der Waals surface area contributed by atoms with Crippen LogP contribution >= 0.6 is 11.6 Å². The topological polar surface area (TPSA) is 92.0 Å². The van der Waals surface area contributed by atoms with E-state index in [1.165, 1.54) is 48.5 Å². The molecule has 0 radical (unpaired) electrons. The number of benzene rings is 4. The number of nitrogens with one attached hydrogen (secondary N) is 3. The first-order valence-electron chi connectivity index (χ1n) is 16.6. The van der Waals surface area contributed by atoms with E-state index in [9.17, 15) is 22.4 Å². The van der Waals surface area contributed by atoms with Crippen LogP contribution in [0.3, 0.4) is 0 Å². The molecule has 0 fully saturated rings. The third-order valence-corrected chi connectivity index (χ3v) is 8.96. The minimum absolute atomic E-state index is 0. The first kappa shape index (κ1) is 39.5. The van der Waals surface area contributed by atoms with Crippen molar-refractivity contribution in [2.75, 3.05) is 29.6 Å². The number of halogens is 5. The molecule has 0 unspecified atom stereocenters. The molecule has 0 saturated carbocycles. The Balaban J connectivity index is 0.000000202. The molecule has 14 heteroatoms. The lowest BCUT2D eigenvalue weighted by atomic mass is 10.1. The van der Waals surface area contributed by atoms with Crippen molar-refractivity contribution in [3.05, 3.63) is 132 Å². The number of amides is 1. The zero-order valence-electron chi connectivity index (χ0n) is 27.7. The fraction of sp³-hybridized carbons (Fsp3) is 0.225. The molecule has 6 aromatic rings. The van der Waals surface area contributed by atoms with Crippen LogP contribution in [0.4, 0.5) is 40.6 Å². The standard InChI is InChI=1S/C20H17ClF2N4O.C18H16F2N4.2CH4/c21-11-18(28)26-9-10-27-17(12-26)25-19(13-1-3-14(22)4-2-13)20(27)24-16-7-5-15(23)6-8-16;19-13-3-1-12(2-4-13)17-18(22-15-7-5-14(20)6-8-15)24-10-9-21-11-16(24)23-17;;/h1-8,24H,9-12H2;1-8,21-22H,9-11H2;2*1H4. The zero-order chi connectivity index (χ0) is 36.2. The molecule has 2 aliphatic rings. The summed E-state index contributed by atoms with van der Waals surface area (Å²) in [4.78, 5) is 23.0. The Morgan fingerprint density at radius 3 is 1.52 bits per heavy atom. The molecule has 3 N–H and O–H groups in total. The normalized spacial score (nSPS) is 12.9. The van der Waals surface area contributed by atoms with Crippen molar-refractivity contribution in [1.82, 2.24) is 29.3 Å². The second-order valence-electron chi connectivity index (χ2n) is 12.2. The first-order valence-corrected chi connectivity index (χ1v) is 17.1. The van der Waals surface area contributed by atoms with Gasteiger partial charge >= 0.3 is 0 Å². The van der Waals surface area contributed by atoms with E-state index in [1.54, 1.807) is 53.4 Å². The summed E-state index contributed by atoms with van der Waals surface area (Å²) in [7, 11) is 0. The third kappa shape index (κ3) is 8.75. The van der Waals surface area contributed by atoms with Gasteiger partial charge in [-0.05, 0) is 97.1 Å². The van der Waals surface area contributed by atoms with Crippen molar-refractivity contribution in [3.63, 3.8) is 0 Å².